The molecule has 0 atom stereocenters. The summed E-state index contributed by atoms with van der Waals surface area (Å²) in [5.41, 5.74) is 0.586. The number of piperidine rings is 1. The molecule has 0 amide bonds. The van der Waals surface area contributed by atoms with Gasteiger partial charge in [-0.05, 0) is 56.1 Å². The van der Waals surface area contributed by atoms with Gasteiger partial charge in [-0.3, -0.25) is 9.69 Å². The molecule has 0 unspecified atom stereocenters. The molecule has 91 valence electrons. The first-order valence-electron chi connectivity index (χ1n) is 5.99. The number of benzene rings is 1. The molecule has 0 aromatic heterocycles. The molecule has 1 aliphatic rings. The lowest BCUT2D eigenvalue weighted by Crippen LogP contribution is -2.36. The molecule has 3 heteroatoms. The number of carbonyl (C=O) groups excluding carboxylic acids is 1. The number of hydrogen-bond donors (Lipinski definition) is 0. The van der Waals surface area contributed by atoms with Crippen molar-refractivity contribution in [2.75, 3.05) is 19.6 Å². The van der Waals surface area contributed by atoms with E-state index in [1.165, 1.54) is 12.1 Å². The van der Waals surface area contributed by atoms with Crippen molar-refractivity contribution in [1.29, 1.82) is 0 Å². The lowest BCUT2D eigenvalue weighted by Gasteiger charge is -2.29. The molecule has 1 aromatic rings. The summed E-state index contributed by atoms with van der Waals surface area (Å²) >= 11 is 0. The topological polar surface area (TPSA) is 20.3 Å². The zero-order valence-electron chi connectivity index (χ0n) is 9.86. The van der Waals surface area contributed by atoms with Gasteiger partial charge in [0, 0.05) is 5.56 Å². The van der Waals surface area contributed by atoms with E-state index in [2.05, 4.69) is 11.8 Å². The summed E-state index contributed by atoms with van der Waals surface area (Å²) in [6, 6.07) is 5.75. The molecule has 1 heterocycles. The normalized spacial score (nSPS) is 18.2. The van der Waals surface area contributed by atoms with E-state index in [4.69, 9.17) is 0 Å². The highest BCUT2D eigenvalue weighted by Crippen LogP contribution is 2.16. The van der Waals surface area contributed by atoms with Crippen LogP contribution < -0.4 is 0 Å². The van der Waals surface area contributed by atoms with Gasteiger partial charge in [0.05, 0.1) is 6.54 Å². The molecular weight excluding hydrogens is 217 g/mol. The van der Waals surface area contributed by atoms with Crippen molar-refractivity contribution in [3.63, 3.8) is 0 Å². The van der Waals surface area contributed by atoms with E-state index in [1.54, 1.807) is 12.1 Å². The molecule has 1 saturated heterocycles. The number of Topliss-reactive ketones (excluding diaryl/α,β-unsaturated/α-hetero) is 1. The van der Waals surface area contributed by atoms with Gasteiger partial charge < -0.3 is 0 Å². The molecule has 1 radical (unpaired) electrons. The van der Waals surface area contributed by atoms with Crippen LogP contribution in [-0.4, -0.2) is 30.3 Å². The quantitative estimate of drug-likeness (QED) is 0.749. The molecule has 1 fully saturated rings. The summed E-state index contributed by atoms with van der Waals surface area (Å²) in [7, 11) is 0. The maximum absolute atomic E-state index is 12.7. The highest BCUT2D eigenvalue weighted by molar-refractivity contribution is 5.97. The zero-order chi connectivity index (χ0) is 12.3. The average Bonchev–Trinajstić information content (AvgIpc) is 2.33. The second kappa shape index (κ2) is 5.41. The van der Waals surface area contributed by atoms with Gasteiger partial charge in [-0.2, -0.15) is 0 Å². The minimum absolute atomic E-state index is 0.0625. The van der Waals surface area contributed by atoms with Gasteiger partial charge in [-0.15, -0.1) is 0 Å². The second-order valence-corrected chi connectivity index (χ2v) is 4.65. The number of ketones is 1. The maximum atomic E-state index is 12.7. The van der Waals surface area contributed by atoms with Crippen molar-refractivity contribution in [2.24, 2.45) is 5.92 Å². The number of rotatable bonds is 3. The van der Waals surface area contributed by atoms with Gasteiger partial charge in [-0.1, -0.05) is 6.92 Å². The number of hydrogen-bond acceptors (Lipinski definition) is 2. The summed E-state index contributed by atoms with van der Waals surface area (Å²) in [5, 5.41) is 0. The molecule has 0 spiro atoms. The van der Waals surface area contributed by atoms with Crippen molar-refractivity contribution in [1.82, 2.24) is 4.90 Å². The Morgan fingerprint density at radius 2 is 1.88 bits per heavy atom. The largest absolute Gasteiger partial charge is 0.296 e. The Bertz CT molecular complexity index is 380. The minimum atomic E-state index is -0.306. The van der Waals surface area contributed by atoms with Crippen LogP contribution in [0.3, 0.4) is 0 Å². The third-order valence-corrected chi connectivity index (χ3v) is 3.24. The Balaban J connectivity index is 1.91. The van der Waals surface area contributed by atoms with E-state index in [-0.39, 0.29) is 11.6 Å². The lowest BCUT2D eigenvalue weighted by atomic mass is 9.99. The smallest absolute Gasteiger partial charge is 0.176 e. The number of nitrogens with zero attached hydrogens (tertiary/aromatic N) is 1. The Kier molecular flexibility index (Phi) is 3.89. The number of likely N-dealkylation sites (tertiary alicyclic amines) is 1. The summed E-state index contributed by atoms with van der Waals surface area (Å²) in [6.45, 7) is 6.32. The highest BCUT2D eigenvalue weighted by atomic mass is 19.1. The first kappa shape index (κ1) is 12.2. The standard InChI is InChI=1S/C14H17FNO/c1-11-6-8-16(9-7-11)10-14(17)12-2-4-13(15)5-3-12/h2-5,11H,1,6-10H2. The van der Waals surface area contributed by atoms with Crippen LogP contribution in [0.1, 0.15) is 23.2 Å². The van der Waals surface area contributed by atoms with Gasteiger partial charge in [0.15, 0.2) is 5.78 Å². The SMILES string of the molecule is [CH2]C1CCN(CC(=O)c2ccc(F)cc2)CC1. The monoisotopic (exact) mass is 234 g/mol. The zero-order valence-corrected chi connectivity index (χ0v) is 9.86. The second-order valence-electron chi connectivity index (χ2n) is 4.65. The molecular formula is C14H17FNO. The molecule has 17 heavy (non-hydrogen) atoms. The fraction of sp³-hybridized carbons (Fsp3) is 0.429. The Labute approximate surface area is 101 Å². The van der Waals surface area contributed by atoms with Crippen molar-refractivity contribution >= 4 is 5.78 Å². The van der Waals surface area contributed by atoms with Crippen molar-refractivity contribution in [3.8, 4) is 0 Å². The first-order chi connectivity index (χ1) is 8.15. The van der Waals surface area contributed by atoms with Crippen LogP contribution in [0.25, 0.3) is 0 Å². The molecule has 1 aromatic carbocycles. The number of halogens is 1. The predicted octanol–water partition coefficient (Wildman–Crippen LogP) is 2.55. The van der Waals surface area contributed by atoms with Gasteiger partial charge in [-0.25, -0.2) is 4.39 Å². The Morgan fingerprint density at radius 3 is 2.47 bits per heavy atom. The van der Waals surface area contributed by atoms with Crippen LogP contribution in [0.2, 0.25) is 0 Å². The Hall–Kier alpha value is -1.22. The fourth-order valence-corrected chi connectivity index (χ4v) is 2.07. The van der Waals surface area contributed by atoms with E-state index in [9.17, 15) is 9.18 Å². The van der Waals surface area contributed by atoms with Gasteiger partial charge >= 0.3 is 0 Å². The van der Waals surface area contributed by atoms with Crippen LogP contribution in [0, 0.1) is 18.7 Å². The summed E-state index contributed by atoms with van der Waals surface area (Å²) in [5.74, 6) is 0.277. The Morgan fingerprint density at radius 1 is 1.29 bits per heavy atom. The highest BCUT2D eigenvalue weighted by Gasteiger charge is 2.18. The molecule has 0 saturated carbocycles. The van der Waals surface area contributed by atoms with E-state index >= 15 is 0 Å². The van der Waals surface area contributed by atoms with Crippen LogP contribution >= 0.6 is 0 Å². The summed E-state index contributed by atoms with van der Waals surface area (Å²) < 4.78 is 12.7. The van der Waals surface area contributed by atoms with Gasteiger partial charge in [0.2, 0.25) is 0 Å². The molecule has 0 N–H and O–H groups in total. The van der Waals surface area contributed by atoms with Crippen LogP contribution in [-0.2, 0) is 0 Å². The minimum Gasteiger partial charge on any atom is -0.296 e. The molecule has 0 bridgehead atoms. The molecule has 1 aliphatic heterocycles. The third-order valence-electron chi connectivity index (χ3n) is 3.24. The van der Waals surface area contributed by atoms with E-state index < -0.39 is 0 Å². The van der Waals surface area contributed by atoms with Crippen molar-refractivity contribution in [3.05, 3.63) is 42.6 Å². The molecule has 2 rings (SSSR count). The van der Waals surface area contributed by atoms with Crippen LogP contribution in [0.5, 0.6) is 0 Å². The van der Waals surface area contributed by atoms with Crippen molar-refractivity contribution < 1.29 is 9.18 Å². The maximum Gasteiger partial charge on any atom is 0.176 e. The predicted molar refractivity (Wildman–Crippen MR) is 65.3 cm³/mol. The van der Waals surface area contributed by atoms with Gasteiger partial charge in [0.1, 0.15) is 5.82 Å². The fourth-order valence-electron chi connectivity index (χ4n) is 2.07. The lowest BCUT2D eigenvalue weighted by molar-refractivity contribution is 0.0904. The average molecular weight is 234 g/mol. The first-order valence-corrected chi connectivity index (χ1v) is 5.99. The van der Waals surface area contributed by atoms with Crippen LogP contribution in [0.15, 0.2) is 24.3 Å². The third kappa shape index (κ3) is 3.37. The van der Waals surface area contributed by atoms with E-state index in [0.717, 1.165) is 25.9 Å². The summed E-state index contributed by atoms with van der Waals surface area (Å²) in [4.78, 5) is 14.1. The van der Waals surface area contributed by atoms with Crippen LogP contribution in [0.4, 0.5) is 4.39 Å². The van der Waals surface area contributed by atoms with Crippen molar-refractivity contribution in [2.45, 2.75) is 12.8 Å². The van der Waals surface area contributed by atoms with Gasteiger partial charge in [0.25, 0.3) is 0 Å². The van der Waals surface area contributed by atoms with E-state index in [1.807, 2.05) is 0 Å². The summed E-state index contributed by atoms with van der Waals surface area (Å²) in [6.07, 6.45) is 2.10. The molecule has 2 nitrogen and oxygen atoms in total. The number of carbonyl (C=O) groups is 1. The van der Waals surface area contributed by atoms with E-state index in [0.29, 0.717) is 18.0 Å². The molecule has 0 aliphatic carbocycles.